The smallest absolute Gasteiger partial charge is 0.448 e. The molecule has 0 saturated heterocycles. The molecule has 0 aliphatic heterocycles. The Labute approximate surface area is 95.2 Å². The molecule has 0 unspecified atom stereocenters. The minimum absolute atomic E-state index is 0.0406. The van der Waals surface area contributed by atoms with Gasteiger partial charge in [-0.1, -0.05) is 0 Å². The Morgan fingerprint density at radius 3 is 2.50 bits per heavy atom. The van der Waals surface area contributed by atoms with Gasteiger partial charge in [0.2, 0.25) is 0 Å². The van der Waals surface area contributed by atoms with E-state index in [2.05, 4.69) is 15.9 Å². The van der Waals surface area contributed by atoms with E-state index in [1.54, 1.807) is 0 Å². The lowest BCUT2D eigenvalue weighted by molar-refractivity contribution is -0.386. The van der Waals surface area contributed by atoms with Crippen molar-refractivity contribution in [3.8, 4) is 0 Å². The van der Waals surface area contributed by atoms with E-state index in [0.717, 1.165) is 12.3 Å². The molecule has 0 fully saturated rings. The van der Waals surface area contributed by atoms with Gasteiger partial charge in [-0.05, 0) is 22.4 Å². The van der Waals surface area contributed by atoms with E-state index in [-0.39, 0.29) is 9.04 Å². The Kier molecular flexibility index (Phi) is 3.41. The van der Waals surface area contributed by atoms with Crippen molar-refractivity contribution in [3.05, 3.63) is 37.2 Å². The van der Waals surface area contributed by atoms with Gasteiger partial charge in [-0.25, -0.2) is 0 Å². The zero-order valence-electron chi connectivity index (χ0n) is 7.57. The molecule has 10 heteroatoms. The van der Waals surface area contributed by atoms with Crippen LogP contribution in [0.5, 0.6) is 0 Å². The van der Waals surface area contributed by atoms with Crippen LogP contribution in [0.1, 0.15) is 0 Å². The van der Waals surface area contributed by atoms with Crippen molar-refractivity contribution in [1.29, 1.82) is 0 Å². The van der Waals surface area contributed by atoms with Gasteiger partial charge in [-0.3, -0.25) is 14.9 Å². The first-order valence-corrected chi connectivity index (χ1v) is 4.75. The predicted octanol–water partition coefficient (Wildman–Crippen LogP) is 1.91. The number of rotatable bonds is 3. The summed E-state index contributed by atoms with van der Waals surface area (Å²) in [6.07, 6.45) is -0.635. The highest BCUT2D eigenvalue weighted by atomic mass is 79.9. The van der Waals surface area contributed by atoms with Crippen LogP contribution in [0.2, 0.25) is 0 Å². The highest BCUT2D eigenvalue weighted by molar-refractivity contribution is 9.10. The Morgan fingerprint density at radius 2 is 2.06 bits per heavy atom. The molecule has 5 nitrogen and oxygen atoms in total. The Morgan fingerprint density at radius 1 is 1.50 bits per heavy atom. The van der Waals surface area contributed by atoms with Crippen LogP contribution < -0.4 is 5.56 Å². The molecule has 88 valence electrons. The fraction of sp³-hybridized carbons (Fsp3) is 0.167. The van der Waals surface area contributed by atoms with Gasteiger partial charge in [0.05, 0.1) is 4.92 Å². The SMILES string of the molecule is O=c1c([N+](=O)[O-])cc(Br)cn1C[B-](F)(F)F. The Bertz CT molecular complexity index is 487. The summed E-state index contributed by atoms with van der Waals surface area (Å²) in [6, 6.07) is 0.863. The predicted molar refractivity (Wildman–Crippen MR) is 54.1 cm³/mol. The van der Waals surface area contributed by atoms with Crippen molar-refractivity contribution < 1.29 is 17.9 Å². The Balaban J connectivity index is 3.31. The molecule has 1 aromatic heterocycles. The van der Waals surface area contributed by atoms with Crippen molar-refractivity contribution in [2.75, 3.05) is 0 Å². The van der Waals surface area contributed by atoms with Crippen LogP contribution in [0.3, 0.4) is 0 Å². The molecule has 1 rings (SSSR count). The van der Waals surface area contributed by atoms with Gasteiger partial charge in [0, 0.05) is 16.7 Å². The van der Waals surface area contributed by atoms with Gasteiger partial charge < -0.3 is 17.5 Å². The molecule has 0 aliphatic rings. The lowest BCUT2D eigenvalue weighted by atomic mass is 9.92. The summed E-state index contributed by atoms with van der Waals surface area (Å²) in [5, 5.41) is 10.4. The number of hydrogen-bond acceptors (Lipinski definition) is 3. The first kappa shape index (κ1) is 12.8. The van der Waals surface area contributed by atoms with E-state index in [1.807, 2.05) is 0 Å². The van der Waals surface area contributed by atoms with E-state index in [9.17, 15) is 27.9 Å². The number of nitrogens with zero attached hydrogens (tertiary/aromatic N) is 2. The van der Waals surface area contributed by atoms with E-state index in [0.29, 0.717) is 0 Å². The summed E-state index contributed by atoms with van der Waals surface area (Å²) < 4.78 is 36.6. The second-order valence-electron chi connectivity index (χ2n) is 2.97. The molecule has 0 aliphatic carbocycles. The summed E-state index contributed by atoms with van der Waals surface area (Å²) in [7, 11) is 0. The zero-order valence-corrected chi connectivity index (χ0v) is 9.16. The zero-order chi connectivity index (χ0) is 12.5. The van der Waals surface area contributed by atoms with Gasteiger partial charge in [0.25, 0.3) is 0 Å². The van der Waals surface area contributed by atoms with Gasteiger partial charge in [0.1, 0.15) is 0 Å². The normalized spacial score (nSPS) is 11.5. The third-order valence-electron chi connectivity index (χ3n) is 1.63. The maximum atomic E-state index is 12.1. The summed E-state index contributed by atoms with van der Waals surface area (Å²) >= 11 is 2.80. The minimum atomic E-state index is -5.23. The van der Waals surface area contributed by atoms with Crippen molar-refractivity contribution in [2.24, 2.45) is 0 Å². The lowest BCUT2D eigenvalue weighted by Crippen LogP contribution is -2.32. The molecule has 0 spiro atoms. The fourth-order valence-corrected chi connectivity index (χ4v) is 1.54. The highest BCUT2D eigenvalue weighted by Crippen LogP contribution is 2.16. The fourth-order valence-electron chi connectivity index (χ4n) is 1.07. The van der Waals surface area contributed by atoms with Gasteiger partial charge >= 0.3 is 18.2 Å². The average Bonchev–Trinajstić information content (AvgIpc) is 2.07. The number of pyridine rings is 1. The van der Waals surface area contributed by atoms with Crippen LogP contribution in [0.25, 0.3) is 0 Å². The van der Waals surface area contributed by atoms with Gasteiger partial charge in [-0.2, -0.15) is 0 Å². The van der Waals surface area contributed by atoms with Crippen LogP contribution >= 0.6 is 15.9 Å². The molecule has 1 aromatic rings. The number of aromatic nitrogens is 1. The maximum Gasteiger partial charge on any atom is 0.497 e. The van der Waals surface area contributed by atoms with Crippen LogP contribution in [0, 0.1) is 10.1 Å². The summed E-state index contributed by atoms with van der Waals surface area (Å²) in [5.41, 5.74) is -2.16. The molecule has 0 saturated carbocycles. The third-order valence-corrected chi connectivity index (χ3v) is 2.07. The third kappa shape index (κ3) is 3.09. The molecule has 0 atom stereocenters. The largest absolute Gasteiger partial charge is 0.497 e. The number of halogens is 4. The van der Waals surface area contributed by atoms with E-state index >= 15 is 0 Å². The first-order chi connectivity index (χ1) is 7.20. The van der Waals surface area contributed by atoms with Crippen molar-refractivity contribution in [3.63, 3.8) is 0 Å². The number of nitro groups is 1. The summed E-state index contributed by atoms with van der Waals surface area (Å²) in [5.74, 6) is 0. The van der Waals surface area contributed by atoms with E-state index in [4.69, 9.17) is 0 Å². The quantitative estimate of drug-likeness (QED) is 0.486. The topological polar surface area (TPSA) is 65.1 Å². The molecule has 1 heterocycles. The lowest BCUT2D eigenvalue weighted by Gasteiger charge is -2.15. The molecule has 16 heavy (non-hydrogen) atoms. The standard InChI is InChI=1S/C6H4BBrF3N2O3/c8-4-1-5(13(15)16)6(14)12(2-4)3-7(9,10)11/h1-2H,3H2/q-1. The molecule has 0 bridgehead atoms. The molecular weight excluding hydrogens is 296 g/mol. The van der Waals surface area contributed by atoms with Crippen molar-refractivity contribution >= 4 is 28.6 Å². The molecule has 0 radical (unpaired) electrons. The van der Waals surface area contributed by atoms with E-state index in [1.165, 1.54) is 0 Å². The van der Waals surface area contributed by atoms with Gasteiger partial charge in [0.15, 0.2) is 0 Å². The minimum Gasteiger partial charge on any atom is -0.448 e. The average molecular weight is 300 g/mol. The molecule has 0 N–H and O–H groups in total. The second-order valence-corrected chi connectivity index (χ2v) is 3.88. The van der Waals surface area contributed by atoms with Crippen LogP contribution in [-0.4, -0.2) is 16.5 Å². The van der Waals surface area contributed by atoms with Crippen LogP contribution in [-0.2, 0) is 6.44 Å². The second kappa shape index (κ2) is 4.28. The molecule has 0 aromatic carbocycles. The van der Waals surface area contributed by atoms with Crippen LogP contribution in [0.4, 0.5) is 18.6 Å². The van der Waals surface area contributed by atoms with Crippen molar-refractivity contribution in [2.45, 2.75) is 6.44 Å². The number of hydrogen-bond donors (Lipinski definition) is 0. The molecule has 0 amide bonds. The van der Waals surface area contributed by atoms with Crippen LogP contribution in [0.15, 0.2) is 21.5 Å². The van der Waals surface area contributed by atoms with Crippen molar-refractivity contribution in [1.82, 2.24) is 4.57 Å². The Hall–Kier alpha value is -1.32. The first-order valence-electron chi connectivity index (χ1n) is 3.96. The monoisotopic (exact) mass is 299 g/mol. The summed E-state index contributed by atoms with van der Waals surface area (Å²) in [6.45, 7) is -5.23. The van der Waals surface area contributed by atoms with Gasteiger partial charge in [-0.15, -0.1) is 0 Å². The highest BCUT2D eigenvalue weighted by Gasteiger charge is 2.26. The maximum absolute atomic E-state index is 12.1. The van der Waals surface area contributed by atoms with E-state index < -0.39 is 29.6 Å². The summed E-state index contributed by atoms with van der Waals surface area (Å²) in [4.78, 5) is 20.6. The molecular formula is C6H4BBrF3N2O3-.